The molecular weight excluding hydrogens is 513 g/mol. The maximum atomic E-state index is 13.7. The molecule has 0 bridgehead atoms. The van der Waals surface area contributed by atoms with Gasteiger partial charge in [-0.25, -0.2) is 8.42 Å². The summed E-state index contributed by atoms with van der Waals surface area (Å²) in [5.41, 5.74) is 1.48. The quantitative estimate of drug-likeness (QED) is 0.461. The van der Waals surface area contributed by atoms with Crippen LogP contribution in [0.1, 0.15) is 31.4 Å². The van der Waals surface area contributed by atoms with Crippen molar-refractivity contribution in [2.75, 3.05) is 30.8 Å². The number of halogens is 2. The monoisotopic (exact) mass is 543 g/mol. The molecule has 0 saturated carbocycles. The van der Waals surface area contributed by atoms with Crippen LogP contribution in [0.15, 0.2) is 36.4 Å². The molecule has 0 fully saturated rings. The molecule has 0 spiro atoms. The van der Waals surface area contributed by atoms with Gasteiger partial charge >= 0.3 is 0 Å². The van der Waals surface area contributed by atoms with Crippen LogP contribution in [-0.4, -0.2) is 57.6 Å². The third kappa shape index (κ3) is 7.25. The number of sulfonamides is 1. The van der Waals surface area contributed by atoms with Crippen LogP contribution in [0.4, 0.5) is 5.69 Å². The van der Waals surface area contributed by atoms with Gasteiger partial charge in [0.15, 0.2) is 0 Å². The molecule has 0 aromatic heterocycles. The molecule has 2 aromatic rings. The Bertz CT molecular complexity index is 1150. The Labute approximate surface area is 217 Å². The number of benzene rings is 2. The molecular formula is C24H31Cl2N3O5S. The summed E-state index contributed by atoms with van der Waals surface area (Å²) in [4.78, 5) is 27.9. The number of carbonyl (C=O) groups excluding carboxylic acids is 2. The lowest BCUT2D eigenvalue weighted by Crippen LogP contribution is -2.52. The van der Waals surface area contributed by atoms with Crippen LogP contribution in [0.3, 0.4) is 0 Å². The maximum Gasteiger partial charge on any atom is 0.244 e. The zero-order valence-electron chi connectivity index (χ0n) is 20.5. The Kier molecular flexibility index (Phi) is 10.2. The number of methoxy groups -OCH3 is 1. The second kappa shape index (κ2) is 12.5. The van der Waals surface area contributed by atoms with Crippen LogP contribution in [-0.2, 0) is 26.2 Å². The molecule has 2 amide bonds. The summed E-state index contributed by atoms with van der Waals surface area (Å²) in [7, 11) is -2.47. The number of nitrogens with zero attached hydrogens (tertiary/aromatic N) is 2. The van der Waals surface area contributed by atoms with Gasteiger partial charge in [0.2, 0.25) is 21.8 Å². The van der Waals surface area contributed by atoms with Crippen molar-refractivity contribution in [1.29, 1.82) is 0 Å². The first-order chi connectivity index (χ1) is 16.4. The van der Waals surface area contributed by atoms with E-state index in [2.05, 4.69) is 5.32 Å². The van der Waals surface area contributed by atoms with Crippen molar-refractivity contribution in [3.63, 3.8) is 0 Å². The normalized spacial score (nSPS) is 12.1. The number of amides is 2. The summed E-state index contributed by atoms with van der Waals surface area (Å²) in [6, 6.07) is 9.13. The van der Waals surface area contributed by atoms with Gasteiger partial charge in [0.25, 0.3) is 0 Å². The van der Waals surface area contributed by atoms with Crippen LogP contribution < -0.4 is 14.4 Å². The van der Waals surface area contributed by atoms with Gasteiger partial charge in [-0.2, -0.15) is 0 Å². The number of hydrogen-bond donors (Lipinski definition) is 1. The first-order valence-electron chi connectivity index (χ1n) is 11.1. The van der Waals surface area contributed by atoms with E-state index in [4.69, 9.17) is 27.9 Å². The first kappa shape index (κ1) is 28.7. The fraction of sp³-hybridized carbons (Fsp3) is 0.417. The lowest BCUT2D eigenvalue weighted by Gasteiger charge is -2.33. The molecule has 0 aliphatic heterocycles. The minimum absolute atomic E-state index is 0.0739. The molecule has 0 heterocycles. The van der Waals surface area contributed by atoms with Gasteiger partial charge in [0.05, 0.1) is 19.1 Å². The lowest BCUT2D eigenvalue weighted by molar-refractivity contribution is -0.140. The highest BCUT2D eigenvalue weighted by Crippen LogP contribution is 2.32. The van der Waals surface area contributed by atoms with Gasteiger partial charge in [-0.05, 0) is 50.1 Å². The number of ether oxygens (including phenoxy) is 1. The van der Waals surface area contributed by atoms with E-state index in [1.54, 1.807) is 57.2 Å². The third-order valence-electron chi connectivity index (χ3n) is 5.41. The summed E-state index contributed by atoms with van der Waals surface area (Å²) >= 11 is 12.7. The SMILES string of the molecule is CCNC(=O)[C@H](CC)N(Cc1c(Cl)cccc1Cl)C(=O)CN(c1cc(C)ccc1OC)S(C)(=O)=O. The minimum atomic E-state index is -3.89. The van der Waals surface area contributed by atoms with Crippen molar-refractivity contribution < 1.29 is 22.7 Å². The van der Waals surface area contributed by atoms with E-state index in [9.17, 15) is 18.0 Å². The maximum absolute atomic E-state index is 13.7. The van der Waals surface area contributed by atoms with Crippen LogP contribution in [0.2, 0.25) is 10.0 Å². The first-order valence-corrected chi connectivity index (χ1v) is 13.7. The number of nitrogens with one attached hydrogen (secondary N) is 1. The van der Waals surface area contributed by atoms with Crippen molar-refractivity contribution in [1.82, 2.24) is 10.2 Å². The standard InChI is InChI=1S/C24H31Cl2N3O5S/c1-6-20(24(31)27-7-2)28(14-17-18(25)9-8-10-19(17)26)23(30)15-29(35(5,32)33)21-13-16(3)11-12-22(21)34-4/h8-13,20H,6-7,14-15H2,1-5H3,(H,27,31)/t20-/m0/s1. The highest BCUT2D eigenvalue weighted by atomic mass is 35.5. The molecule has 1 atom stereocenters. The van der Waals surface area contributed by atoms with Crippen LogP contribution in [0.25, 0.3) is 0 Å². The van der Waals surface area contributed by atoms with Crippen LogP contribution in [0.5, 0.6) is 5.75 Å². The van der Waals surface area contributed by atoms with Crippen molar-refractivity contribution in [2.45, 2.75) is 39.8 Å². The van der Waals surface area contributed by atoms with Crippen molar-refractivity contribution in [3.05, 3.63) is 57.6 Å². The van der Waals surface area contributed by atoms with Crippen LogP contribution in [0, 0.1) is 6.92 Å². The molecule has 0 unspecified atom stereocenters. The summed E-state index contributed by atoms with van der Waals surface area (Å²) in [6.07, 6.45) is 1.31. The fourth-order valence-corrected chi connectivity index (χ4v) is 5.02. The highest BCUT2D eigenvalue weighted by molar-refractivity contribution is 7.92. The van der Waals surface area contributed by atoms with Gasteiger partial charge in [0.1, 0.15) is 18.3 Å². The fourth-order valence-electron chi connectivity index (χ4n) is 3.65. The summed E-state index contributed by atoms with van der Waals surface area (Å²) < 4.78 is 31.9. The summed E-state index contributed by atoms with van der Waals surface area (Å²) in [5, 5.41) is 3.41. The number of likely N-dealkylation sites (N-methyl/N-ethyl adjacent to an activating group) is 1. The molecule has 35 heavy (non-hydrogen) atoms. The van der Waals surface area contributed by atoms with E-state index < -0.39 is 28.5 Å². The van der Waals surface area contributed by atoms with Gasteiger partial charge in [-0.1, -0.05) is 42.3 Å². The average molecular weight is 545 g/mol. The molecule has 8 nitrogen and oxygen atoms in total. The van der Waals surface area contributed by atoms with E-state index in [1.165, 1.54) is 12.0 Å². The minimum Gasteiger partial charge on any atom is -0.495 e. The molecule has 192 valence electrons. The van der Waals surface area contributed by atoms with Crippen molar-refractivity contribution >= 4 is 50.7 Å². The van der Waals surface area contributed by atoms with E-state index in [0.29, 0.717) is 34.3 Å². The molecule has 11 heteroatoms. The highest BCUT2D eigenvalue weighted by Gasteiger charge is 2.33. The largest absolute Gasteiger partial charge is 0.495 e. The van der Waals surface area contributed by atoms with Crippen LogP contribution >= 0.6 is 23.2 Å². The Morgan fingerprint density at radius 2 is 1.74 bits per heavy atom. The van der Waals surface area contributed by atoms with E-state index in [0.717, 1.165) is 16.1 Å². The zero-order chi connectivity index (χ0) is 26.3. The van der Waals surface area contributed by atoms with Gasteiger partial charge in [0, 0.05) is 28.7 Å². The van der Waals surface area contributed by atoms with Gasteiger partial charge in [-0.15, -0.1) is 0 Å². The molecule has 0 aliphatic rings. The smallest absolute Gasteiger partial charge is 0.244 e. The summed E-state index contributed by atoms with van der Waals surface area (Å²) in [6.45, 7) is 5.11. The lowest BCUT2D eigenvalue weighted by atomic mass is 10.1. The topological polar surface area (TPSA) is 96.0 Å². The van der Waals surface area contributed by atoms with E-state index in [1.807, 2.05) is 0 Å². The molecule has 1 N–H and O–H groups in total. The third-order valence-corrected chi connectivity index (χ3v) is 7.24. The number of aryl methyl sites for hydroxylation is 1. The molecule has 0 radical (unpaired) electrons. The van der Waals surface area contributed by atoms with Gasteiger partial charge in [-0.3, -0.25) is 13.9 Å². The predicted molar refractivity (Wildman–Crippen MR) is 140 cm³/mol. The molecule has 0 saturated heterocycles. The number of rotatable bonds is 11. The van der Waals surface area contributed by atoms with E-state index >= 15 is 0 Å². The second-order valence-corrected chi connectivity index (χ2v) is 10.7. The Morgan fingerprint density at radius 1 is 1.11 bits per heavy atom. The Morgan fingerprint density at radius 3 is 2.26 bits per heavy atom. The zero-order valence-corrected chi connectivity index (χ0v) is 22.8. The summed E-state index contributed by atoms with van der Waals surface area (Å²) in [5.74, 6) is -0.649. The second-order valence-electron chi connectivity index (χ2n) is 7.99. The molecule has 2 aromatic carbocycles. The Balaban J connectivity index is 2.56. The molecule has 2 rings (SSSR count). The predicted octanol–water partition coefficient (Wildman–Crippen LogP) is 4.02. The number of hydrogen-bond acceptors (Lipinski definition) is 5. The van der Waals surface area contributed by atoms with Crippen molar-refractivity contribution in [3.8, 4) is 5.75 Å². The van der Waals surface area contributed by atoms with Crippen molar-refractivity contribution in [2.24, 2.45) is 0 Å². The Hall–Kier alpha value is -2.49. The molecule has 0 aliphatic carbocycles. The van der Waals surface area contributed by atoms with E-state index in [-0.39, 0.29) is 18.1 Å². The average Bonchev–Trinajstić information content (AvgIpc) is 2.78. The number of anilines is 1. The van der Waals surface area contributed by atoms with Gasteiger partial charge < -0.3 is 15.0 Å². The number of carbonyl (C=O) groups is 2.